The Bertz CT molecular complexity index is 641. The smallest absolute Gasteiger partial charge is 0.233 e. The molecule has 0 aliphatic rings. The first kappa shape index (κ1) is 15.2. The van der Waals surface area contributed by atoms with E-state index in [1.807, 2.05) is 0 Å². The van der Waals surface area contributed by atoms with Crippen molar-refractivity contribution in [2.24, 2.45) is 0 Å². The molecule has 18 heavy (non-hydrogen) atoms. The topological polar surface area (TPSA) is 93.2 Å². The Morgan fingerprint density at radius 1 is 1.28 bits per heavy atom. The highest BCUT2D eigenvalue weighted by Gasteiger charge is 2.15. The number of nitrogens with zero attached hydrogens (tertiary/aromatic N) is 1. The molecule has 0 saturated carbocycles. The van der Waals surface area contributed by atoms with Gasteiger partial charge in [-0.15, -0.1) is 0 Å². The molecule has 0 atom stereocenters. The van der Waals surface area contributed by atoms with Gasteiger partial charge in [-0.3, -0.25) is 4.72 Å². The summed E-state index contributed by atoms with van der Waals surface area (Å²) >= 11 is 5.71. The van der Waals surface area contributed by atoms with Gasteiger partial charge in [0.1, 0.15) is 15.0 Å². The number of rotatable bonds is 5. The molecule has 1 N–H and O–H groups in total. The SMILES string of the molecule is Cc1cc(NS(=O)(=O)CCS(C)(=O)=O)cnc1Cl. The second-order valence-corrected chi connectivity index (χ2v) is 8.34. The van der Waals surface area contributed by atoms with Crippen LogP contribution >= 0.6 is 11.6 Å². The van der Waals surface area contributed by atoms with E-state index >= 15 is 0 Å². The largest absolute Gasteiger partial charge is 0.282 e. The zero-order valence-corrected chi connectivity index (χ0v) is 12.2. The van der Waals surface area contributed by atoms with Crippen molar-refractivity contribution in [1.82, 2.24) is 4.98 Å². The lowest BCUT2D eigenvalue weighted by molar-refractivity contribution is 0.593. The molecule has 0 fully saturated rings. The van der Waals surface area contributed by atoms with Gasteiger partial charge in [0.25, 0.3) is 0 Å². The van der Waals surface area contributed by atoms with Crippen LogP contribution in [0.1, 0.15) is 5.56 Å². The molecule has 0 saturated heterocycles. The summed E-state index contributed by atoms with van der Waals surface area (Å²) in [4.78, 5) is 3.79. The maximum absolute atomic E-state index is 11.6. The number of sulfonamides is 1. The van der Waals surface area contributed by atoms with Gasteiger partial charge in [0.2, 0.25) is 10.0 Å². The van der Waals surface area contributed by atoms with Crippen molar-refractivity contribution in [2.75, 3.05) is 22.5 Å². The van der Waals surface area contributed by atoms with Gasteiger partial charge in [-0.1, -0.05) is 11.6 Å². The van der Waals surface area contributed by atoms with E-state index in [1.54, 1.807) is 6.92 Å². The fourth-order valence-electron chi connectivity index (χ4n) is 1.11. The third-order valence-corrected chi connectivity index (χ3v) is 4.90. The lowest BCUT2D eigenvalue weighted by Gasteiger charge is -2.08. The van der Waals surface area contributed by atoms with Gasteiger partial charge in [-0.05, 0) is 18.6 Å². The average Bonchev–Trinajstić information content (AvgIpc) is 2.20. The summed E-state index contributed by atoms with van der Waals surface area (Å²) in [5.74, 6) is -0.921. The van der Waals surface area contributed by atoms with Crippen molar-refractivity contribution >= 4 is 37.1 Å². The van der Waals surface area contributed by atoms with Crippen molar-refractivity contribution in [3.05, 3.63) is 23.0 Å². The average molecular weight is 313 g/mol. The van der Waals surface area contributed by atoms with Gasteiger partial charge < -0.3 is 0 Å². The van der Waals surface area contributed by atoms with Crippen LogP contribution in [0.3, 0.4) is 0 Å². The lowest BCUT2D eigenvalue weighted by atomic mass is 10.3. The van der Waals surface area contributed by atoms with Crippen molar-refractivity contribution in [2.45, 2.75) is 6.92 Å². The first-order valence-electron chi connectivity index (χ1n) is 4.89. The Kier molecular flexibility index (Phi) is 4.57. The third kappa shape index (κ3) is 5.19. The van der Waals surface area contributed by atoms with E-state index in [1.165, 1.54) is 12.3 Å². The minimum Gasteiger partial charge on any atom is -0.282 e. The minimum atomic E-state index is -3.71. The zero-order valence-electron chi connectivity index (χ0n) is 9.84. The molecule has 0 unspecified atom stereocenters. The van der Waals surface area contributed by atoms with Crippen LogP contribution in [0, 0.1) is 6.92 Å². The molecule has 9 heteroatoms. The fourth-order valence-corrected chi connectivity index (χ4v) is 3.87. The molecule has 0 aromatic carbocycles. The molecule has 0 aliphatic heterocycles. The quantitative estimate of drug-likeness (QED) is 0.813. The van der Waals surface area contributed by atoms with E-state index in [-0.39, 0.29) is 10.8 Å². The van der Waals surface area contributed by atoms with Crippen LogP contribution in [-0.4, -0.2) is 39.6 Å². The number of aryl methyl sites for hydroxylation is 1. The number of aromatic nitrogens is 1. The van der Waals surface area contributed by atoms with E-state index in [0.29, 0.717) is 5.56 Å². The minimum absolute atomic E-state index is 0.255. The number of hydrogen-bond donors (Lipinski definition) is 1. The Morgan fingerprint density at radius 3 is 2.39 bits per heavy atom. The van der Waals surface area contributed by atoms with Gasteiger partial charge in [0.05, 0.1) is 23.4 Å². The monoisotopic (exact) mass is 312 g/mol. The molecule has 1 rings (SSSR count). The molecule has 0 aliphatic carbocycles. The molecule has 1 aromatic heterocycles. The van der Waals surface area contributed by atoms with Crippen LogP contribution in [0.2, 0.25) is 5.15 Å². The van der Waals surface area contributed by atoms with Crippen LogP contribution in [0.5, 0.6) is 0 Å². The number of pyridine rings is 1. The van der Waals surface area contributed by atoms with Crippen LogP contribution < -0.4 is 4.72 Å². The normalized spacial score (nSPS) is 12.4. The number of sulfone groups is 1. The van der Waals surface area contributed by atoms with E-state index in [9.17, 15) is 16.8 Å². The van der Waals surface area contributed by atoms with E-state index in [0.717, 1.165) is 6.26 Å². The van der Waals surface area contributed by atoms with Gasteiger partial charge >= 0.3 is 0 Å². The molecule has 0 radical (unpaired) electrons. The Labute approximate surface area is 111 Å². The molecule has 6 nitrogen and oxygen atoms in total. The fraction of sp³-hybridized carbons (Fsp3) is 0.444. The van der Waals surface area contributed by atoms with Crippen molar-refractivity contribution < 1.29 is 16.8 Å². The number of hydrogen-bond acceptors (Lipinski definition) is 5. The predicted octanol–water partition coefficient (Wildman–Crippen LogP) is 0.830. The molecule has 102 valence electrons. The summed E-state index contributed by atoms with van der Waals surface area (Å²) in [5, 5.41) is 0.286. The highest BCUT2D eigenvalue weighted by molar-refractivity contribution is 7.95. The number of anilines is 1. The van der Waals surface area contributed by atoms with Crippen LogP contribution in [0.4, 0.5) is 5.69 Å². The van der Waals surface area contributed by atoms with Crippen molar-refractivity contribution in [3.63, 3.8) is 0 Å². The van der Waals surface area contributed by atoms with Gasteiger partial charge in [-0.25, -0.2) is 21.8 Å². The summed E-state index contributed by atoms with van der Waals surface area (Å²) in [6.45, 7) is 1.68. The third-order valence-electron chi connectivity index (χ3n) is 2.01. The Morgan fingerprint density at radius 2 is 1.89 bits per heavy atom. The summed E-state index contributed by atoms with van der Waals surface area (Å²) in [5.41, 5.74) is 0.880. The molecule has 1 aromatic rings. The summed E-state index contributed by atoms with van der Waals surface area (Å²) in [6, 6.07) is 1.52. The van der Waals surface area contributed by atoms with Gasteiger partial charge in [0, 0.05) is 6.26 Å². The maximum Gasteiger partial charge on any atom is 0.233 e. The molecule has 1 heterocycles. The van der Waals surface area contributed by atoms with E-state index in [4.69, 9.17) is 11.6 Å². The van der Waals surface area contributed by atoms with Crippen LogP contribution in [-0.2, 0) is 19.9 Å². The Hall–Kier alpha value is -0.860. The highest BCUT2D eigenvalue weighted by atomic mass is 35.5. The molecule has 0 amide bonds. The van der Waals surface area contributed by atoms with E-state index < -0.39 is 31.4 Å². The van der Waals surface area contributed by atoms with Crippen LogP contribution in [0.25, 0.3) is 0 Å². The van der Waals surface area contributed by atoms with Gasteiger partial charge in [0.15, 0.2) is 0 Å². The molecule has 0 spiro atoms. The van der Waals surface area contributed by atoms with Crippen molar-refractivity contribution in [1.29, 1.82) is 0 Å². The number of nitrogens with one attached hydrogen (secondary N) is 1. The second kappa shape index (κ2) is 5.41. The second-order valence-electron chi connectivity index (χ2n) is 3.88. The predicted molar refractivity (Wildman–Crippen MR) is 71.1 cm³/mol. The van der Waals surface area contributed by atoms with Gasteiger partial charge in [-0.2, -0.15) is 0 Å². The molecular weight excluding hydrogens is 300 g/mol. The zero-order chi connectivity index (χ0) is 14.0. The van der Waals surface area contributed by atoms with E-state index in [2.05, 4.69) is 9.71 Å². The lowest BCUT2D eigenvalue weighted by Crippen LogP contribution is -2.22. The van der Waals surface area contributed by atoms with Crippen molar-refractivity contribution in [3.8, 4) is 0 Å². The Balaban J connectivity index is 2.80. The summed E-state index contributed by atoms with van der Waals surface area (Å²) < 4.78 is 47.3. The highest BCUT2D eigenvalue weighted by Crippen LogP contribution is 2.17. The molecular formula is C9H13ClN2O4S2. The van der Waals surface area contributed by atoms with Crippen LogP contribution in [0.15, 0.2) is 12.3 Å². The summed E-state index contributed by atoms with van der Waals surface area (Å²) in [7, 11) is -7.03. The molecule has 0 bridgehead atoms. The summed E-state index contributed by atoms with van der Waals surface area (Å²) in [6.07, 6.45) is 2.25. The first-order chi connectivity index (χ1) is 8.09. The standard InChI is InChI=1S/C9H13ClN2O4S2/c1-7-5-8(6-11-9(7)10)12-18(15,16)4-3-17(2,13)14/h5-6,12H,3-4H2,1-2H3. The maximum atomic E-state index is 11.6. The number of halogens is 1. The first-order valence-corrected chi connectivity index (χ1v) is 8.98.